The van der Waals surface area contributed by atoms with Crippen LogP contribution in [0.3, 0.4) is 0 Å². The Kier molecular flexibility index (Phi) is 3.58. The van der Waals surface area contributed by atoms with E-state index in [0.29, 0.717) is 6.54 Å². The lowest BCUT2D eigenvalue weighted by atomic mass is 10.0. The van der Waals surface area contributed by atoms with Crippen LogP contribution >= 0.6 is 0 Å². The van der Waals surface area contributed by atoms with Gasteiger partial charge in [-0.05, 0) is 54.7 Å². The molecule has 1 aromatic carbocycles. The smallest absolute Gasteiger partial charge is 0.144 e. The maximum atomic E-state index is 5.63. The molecule has 0 N–H and O–H groups in total. The van der Waals surface area contributed by atoms with Crippen LogP contribution in [-0.2, 0) is 19.4 Å². The van der Waals surface area contributed by atoms with Crippen molar-refractivity contribution in [2.45, 2.75) is 25.8 Å². The minimum atomic E-state index is 0.705. The van der Waals surface area contributed by atoms with Crippen molar-refractivity contribution in [2.24, 2.45) is 0 Å². The van der Waals surface area contributed by atoms with Gasteiger partial charge in [0.1, 0.15) is 11.6 Å². The first-order valence-electron chi connectivity index (χ1n) is 7.96. The molecule has 0 saturated carbocycles. The van der Waals surface area contributed by atoms with E-state index in [0.717, 1.165) is 35.7 Å². The molecule has 0 amide bonds. The summed E-state index contributed by atoms with van der Waals surface area (Å²) >= 11 is 0. The average Bonchev–Trinajstić information content (AvgIpc) is 3.23. The van der Waals surface area contributed by atoms with Gasteiger partial charge in [0, 0.05) is 18.6 Å². The van der Waals surface area contributed by atoms with Crippen LogP contribution < -0.4 is 4.74 Å². The van der Waals surface area contributed by atoms with Crippen molar-refractivity contribution in [3.05, 3.63) is 65.7 Å². The Morgan fingerprint density at radius 3 is 2.74 bits per heavy atom. The molecule has 1 aliphatic carbocycles. The van der Waals surface area contributed by atoms with Gasteiger partial charge in [0.25, 0.3) is 0 Å². The highest BCUT2D eigenvalue weighted by Crippen LogP contribution is 2.35. The standard InChI is InChI=1S/C19H19N3O/c1-23-18-12-15-6-4-5-14(15)11-17(18)19-21-9-10-22(19)13-16-7-2-3-8-20-16/h2-3,7-12H,4-6,13H2,1H3. The molecule has 1 aliphatic rings. The molecule has 0 fully saturated rings. The van der Waals surface area contributed by atoms with Gasteiger partial charge in [0.05, 0.1) is 24.9 Å². The Labute approximate surface area is 135 Å². The van der Waals surface area contributed by atoms with E-state index in [-0.39, 0.29) is 0 Å². The highest BCUT2D eigenvalue weighted by molar-refractivity contribution is 5.67. The summed E-state index contributed by atoms with van der Waals surface area (Å²) in [6.45, 7) is 0.705. The fourth-order valence-corrected chi connectivity index (χ4v) is 3.29. The summed E-state index contributed by atoms with van der Waals surface area (Å²) in [5, 5.41) is 0. The molecule has 2 aromatic heterocycles. The molecule has 0 spiro atoms. The quantitative estimate of drug-likeness (QED) is 0.741. The first-order chi connectivity index (χ1) is 11.3. The second-order valence-corrected chi connectivity index (χ2v) is 5.87. The summed E-state index contributed by atoms with van der Waals surface area (Å²) in [6.07, 6.45) is 9.18. The summed E-state index contributed by atoms with van der Waals surface area (Å²) in [5.41, 5.74) is 4.92. The van der Waals surface area contributed by atoms with E-state index in [1.807, 2.05) is 36.8 Å². The molecule has 0 unspecified atom stereocenters. The highest BCUT2D eigenvalue weighted by atomic mass is 16.5. The molecule has 0 saturated heterocycles. The third-order valence-electron chi connectivity index (χ3n) is 4.43. The number of hydrogen-bond acceptors (Lipinski definition) is 3. The number of benzene rings is 1. The van der Waals surface area contributed by atoms with Crippen LogP contribution in [0.15, 0.2) is 48.9 Å². The Bertz CT molecular complexity index is 824. The lowest BCUT2D eigenvalue weighted by molar-refractivity contribution is 0.415. The predicted molar refractivity (Wildman–Crippen MR) is 89.6 cm³/mol. The number of imidazole rings is 1. The molecule has 0 radical (unpaired) electrons. The SMILES string of the molecule is COc1cc2c(cc1-c1nccn1Cc1ccccn1)CCC2. The second-order valence-electron chi connectivity index (χ2n) is 5.87. The molecule has 4 rings (SSSR count). The number of hydrogen-bond donors (Lipinski definition) is 0. The largest absolute Gasteiger partial charge is 0.496 e. The van der Waals surface area contributed by atoms with Crippen molar-refractivity contribution in [1.29, 1.82) is 0 Å². The van der Waals surface area contributed by atoms with E-state index < -0.39 is 0 Å². The second kappa shape index (κ2) is 5.88. The topological polar surface area (TPSA) is 39.9 Å². The summed E-state index contributed by atoms with van der Waals surface area (Å²) in [5.74, 6) is 1.83. The normalized spacial score (nSPS) is 13.1. The number of ether oxygens (including phenoxy) is 1. The van der Waals surface area contributed by atoms with Gasteiger partial charge >= 0.3 is 0 Å². The van der Waals surface area contributed by atoms with Crippen molar-refractivity contribution in [3.63, 3.8) is 0 Å². The molecule has 2 heterocycles. The van der Waals surface area contributed by atoms with Crippen molar-refractivity contribution in [3.8, 4) is 17.1 Å². The number of aryl methyl sites for hydroxylation is 2. The molecule has 116 valence electrons. The Hall–Kier alpha value is -2.62. The number of nitrogens with zero attached hydrogens (tertiary/aromatic N) is 3. The molecule has 0 atom stereocenters. The van der Waals surface area contributed by atoms with Crippen molar-refractivity contribution in [1.82, 2.24) is 14.5 Å². The van der Waals surface area contributed by atoms with E-state index in [1.54, 1.807) is 7.11 Å². The number of methoxy groups -OCH3 is 1. The summed E-state index contributed by atoms with van der Waals surface area (Å²) < 4.78 is 7.76. The van der Waals surface area contributed by atoms with Gasteiger partial charge in [-0.1, -0.05) is 6.07 Å². The van der Waals surface area contributed by atoms with Gasteiger partial charge in [0.2, 0.25) is 0 Å². The number of aromatic nitrogens is 3. The fraction of sp³-hybridized carbons (Fsp3) is 0.263. The zero-order valence-corrected chi connectivity index (χ0v) is 13.2. The van der Waals surface area contributed by atoms with Gasteiger partial charge < -0.3 is 9.30 Å². The summed E-state index contributed by atoms with van der Waals surface area (Å²) in [7, 11) is 1.73. The van der Waals surface area contributed by atoms with Gasteiger partial charge in [-0.3, -0.25) is 4.98 Å². The maximum absolute atomic E-state index is 5.63. The molecular formula is C19H19N3O. The lowest BCUT2D eigenvalue weighted by Crippen LogP contribution is -2.04. The van der Waals surface area contributed by atoms with Crippen LogP contribution in [0.25, 0.3) is 11.4 Å². The molecular weight excluding hydrogens is 286 g/mol. The van der Waals surface area contributed by atoms with Gasteiger partial charge in [-0.25, -0.2) is 4.98 Å². The molecule has 0 bridgehead atoms. The van der Waals surface area contributed by atoms with Crippen LogP contribution in [0, 0.1) is 0 Å². The summed E-state index contributed by atoms with van der Waals surface area (Å²) in [4.78, 5) is 8.98. The Morgan fingerprint density at radius 2 is 1.96 bits per heavy atom. The van der Waals surface area contributed by atoms with Crippen molar-refractivity contribution >= 4 is 0 Å². The zero-order valence-electron chi connectivity index (χ0n) is 13.2. The van der Waals surface area contributed by atoms with Crippen LogP contribution in [0.2, 0.25) is 0 Å². The molecule has 4 heteroatoms. The monoisotopic (exact) mass is 305 g/mol. The first-order valence-corrected chi connectivity index (χ1v) is 7.96. The van der Waals surface area contributed by atoms with Gasteiger partial charge in [-0.2, -0.15) is 0 Å². The minimum Gasteiger partial charge on any atom is -0.496 e. The summed E-state index contributed by atoms with van der Waals surface area (Å²) in [6, 6.07) is 10.4. The highest BCUT2D eigenvalue weighted by Gasteiger charge is 2.18. The van der Waals surface area contributed by atoms with Crippen LogP contribution in [0.5, 0.6) is 5.75 Å². The zero-order chi connectivity index (χ0) is 15.6. The van der Waals surface area contributed by atoms with Gasteiger partial charge in [-0.15, -0.1) is 0 Å². The Morgan fingerprint density at radius 1 is 1.09 bits per heavy atom. The van der Waals surface area contributed by atoms with Crippen LogP contribution in [-0.4, -0.2) is 21.6 Å². The Balaban J connectivity index is 1.76. The molecule has 3 aromatic rings. The van der Waals surface area contributed by atoms with E-state index >= 15 is 0 Å². The van der Waals surface area contributed by atoms with Crippen LogP contribution in [0.1, 0.15) is 23.2 Å². The predicted octanol–water partition coefficient (Wildman–Crippen LogP) is 3.49. The van der Waals surface area contributed by atoms with E-state index in [1.165, 1.54) is 17.5 Å². The lowest BCUT2D eigenvalue weighted by Gasteiger charge is -2.13. The molecule has 23 heavy (non-hydrogen) atoms. The van der Waals surface area contributed by atoms with E-state index in [4.69, 9.17) is 4.74 Å². The number of fused-ring (bicyclic) bond motifs is 1. The molecule has 4 nitrogen and oxygen atoms in total. The van der Waals surface area contributed by atoms with Gasteiger partial charge in [0.15, 0.2) is 0 Å². The number of pyridine rings is 1. The first kappa shape index (κ1) is 14.0. The van der Waals surface area contributed by atoms with Crippen LogP contribution in [0.4, 0.5) is 0 Å². The van der Waals surface area contributed by atoms with Crippen molar-refractivity contribution in [2.75, 3.05) is 7.11 Å². The van der Waals surface area contributed by atoms with E-state index in [9.17, 15) is 0 Å². The maximum Gasteiger partial charge on any atom is 0.144 e. The number of rotatable bonds is 4. The molecule has 0 aliphatic heterocycles. The van der Waals surface area contributed by atoms with E-state index in [2.05, 4.69) is 26.7 Å². The van der Waals surface area contributed by atoms with Crippen molar-refractivity contribution < 1.29 is 4.74 Å². The fourth-order valence-electron chi connectivity index (χ4n) is 3.29. The third-order valence-corrected chi connectivity index (χ3v) is 4.43. The third kappa shape index (κ3) is 2.61. The average molecular weight is 305 g/mol. The minimum absolute atomic E-state index is 0.705.